The molecule has 0 aliphatic carbocycles. The zero-order valence-electron chi connectivity index (χ0n) is 13.4. The zero-order valence-corrected chi connectivity index (χ0v) is 13.4. The first kappa shape index (κ1) is 16.0. The lowest BCUT2D eigenvalue weighted by atomic mass is 10.1. The van der Waals surface area contributed by atoms with Crippen molar-refractivity contribution in [3.63, 3.8) is 0 Å². The number of rotatable bonds is 6. The largest absolute Gasteiger partial charge is 0.324 e. The number of hydrogen-bond donors (Lipinski definition) is 2. The summed E-state index contributed by atoms with van der Waals surface area (Å²) in [7, 11) is 0. The van der Waals surface area contributed by atoms with Crippen LogP contribution in [0.2, 0.25) is 0 Å². The number of aryl methyl sites for hydroxylation is 2. The van der Waals surface area contributed by atoms with Crippen LogP contribution in [0.1, 0.15) is 31.4 Å². The van der Waals surface area contributed by atoms with Gasteiger partial charge in [-0.05, 0) is 44.0 Å². The highest BCUT2D eigenvalue weighted by Gasteiger charge is 2.23. The average molecular weight is 289 g/mol. The topological polar surface area (TPSA) is 44.4 Å². The van der Waals surface area contributed by atoms with Crippen molar-refractivity contribution in [1.29, 1.82) is 0 Å². The highest BCUT2D eigenvalue weighted by atomic mass is 16.2. The summed E-state index contributed by atoms with van der Waals surface area (Å²) in [4.78, 5) is 14.6. The maximum absolute atomic E-state index is 12.4. The molecule has 0 radical (unpaired) electrons. The number of carbonyl (C=O) groups excluding carboxylic acids is 1. The van der Waals surface area contributed by atoms with Gasteiger partial charge in [-0.1, -0.05) is 32.0 Å². The van der Waals surface area contributed by atoms with E-state index in [1.807, 2.05) is 19.1 Å². The van der Waals surface area contributed by atoms with Gasteiger partial charge in [0.2, 0.25) is 5.91 Å². The molecule has 1 unspecified atom stereocenters. The molecule has 2 rings (SSSR count). The van der Waals surface area contributed by atoms with Crippen LogP contribution in [0.15, 0.2) is 18.2 Å². The standard InChI is InChI=1S/C17H27N3O/c1-4-14-8-6-7-13(3)17(14)19-16(21)12-20(5-2)15-9-10-18-11-15/h6-8,15,18H,4-5,9-12H2,1-3H3,(H,19,21). The third-order valence-corrected chi connectivity index (χ3v) is 4.31. The predicted molar refractivity (Wildman–Crippen MR) is 87.7 cm³/mol. The predicted octanol–water partition coefficient (Wildman–Crippen LogP) is 2.18. The second-order valence-electron chi connectivity index (χ2n) is 5.72. The Morgan fingerprint density at radius 2 is 2.24 bits per heavy atom. The SMILES string of the molecule is CCc1cccc(C)c1NC(=O)CN(CC)C1CCNC1. The van der Waals surface area contributed by atoms with Crippen molar-refractivity contribution in [3.8, 4) is 0 Å². The Bertz CT molecular complexity index is 481. The fourth-order valence-electron chi connectivity index (χ4n) is 3.02. The molecule has 0 spiro atoms. The molecule has 1 aliphatic heterocycles. The van der Waals surface area contributed by atoms with E-state index in [0.29, 0.717) is 12.6 Å². The summed E-state index contributed by atoms with van der Waals surface area (Å²) in [6.45, 7) is 9.72. The van der Waals surface area contributed by atoms with Crippen LogP contribution in [0.4, 0.5) is 5.69 Å². The van der Waals surface area contributed by atoms with Gasteiger partial charge in [0.15, 0.2) is 0 Å². The number of amides is 1. The van der Waals surface area contributed by atoms with Gasteiger partial charge >= 0.3 is 0 Å². The second-order valence-corrected chi connectivity index (χ2v) is 5.72. The number of carbonyl (C=O) groups is 1. The minimum absolute atomic E-state index is 0.0905. The average Bonchev–Trinajstić information content (AvgIpc) is 3.01. The van der Waals surface area contributed by atoms with Crippen LogP contribution in [0.5, 0.6) is 0 Å². The molecule has 4 nitrogen and oxygen atoms in total. The van der Waals surface area contributed by atoms with Crippen molar-refractivity contribution in [2.45, 2.75) is 39.7 Å². The minimum Gasteiger partial charge on any atom is -0.324 e. The highest BCUT2D eigenvalue weighted by molar-refractivity contribution is 5.93. The smallest absolute Gasteiger partial charge is 0.238 e. The van der Waals surface area contributed by atoms with Gasteiger partial charge in [-0.15, -0.1) is 0 Å². The number of hydrogen-bond acceptors (Lipinski definition) is 3. The molecule has 4 heteroatoms. The summed E-state index contributed by atoms with van der Waals surface area (Å²) in [5.74, 6) is 0.0905. The summed E-state index contributed by atoms with van der Waals surface area (Å²) in [5.41, 5.74) is 3.33. The van der Waals surface area contributed by atoms with Crippen LogP contribution < -0.4 is 10.6 Å². The maximum atomic E-state index is 12.4. The first-order valence-corrected chi connectivity index (χ1v) is 7.98. The molecule has 1 atom stereocenters. The highest BCUT2D eigenvalue weighted by Crippen LogP contribution is 2.21. The van der Waals surface area contributed by atoms with Crippen LogP contribution in [-0.2, 0) is 11.2 Å². The molecule has 116 valence electrons. The van der Waals surface area contributed by atoms with Crippen molar-refractivity contribution in [3.05, 3.63) is 29.3 Å². The Kier molecular flexibility index (Phi) is 5.76. The van der Waals surface area contributed by atoms with Gasteiger partial charge in [0.05, 0.1) is 6.54 Å². The summed E-state index contributed by atoms with van der Waals surface area (Å²) >= 11 is 0. The van der Waals surface area contributed by atoms with E-state index in [9.17, 15) is 4.79 Å². The number of anilines is 1. The number of benzene rings is 1. The fourth-order valence-corrected chi connectivity index (χ4v) is 3.02. The summed E-state index contributed by atoms with van der Waals surface area (Å²) in [6, 6.07) is 6.67. The lowest BCUT2D eigenvalue weighted by molar-refractivity contribution is -0.117. The van der Waals surface area contributed by atoms with E-state index in [4.69, 9.17) is 0 Å². The van der Waals surface area contributed by atoms with E-state index in [-0.39, 0.29) is 5.91 Å². The van der Waals surface area contributed by atoms with Gasteiger partial charge in [0, 0.05) is 18.3 Å². The zero-order chi connectivity index (χ0) is 15.2. The lowest BCUT2D eigenvalue weighted by Gasteiger charge is -2.26. The van der Waals surface area contributed by atoms with E-state index < -0.39 is 0 Å². The van der Waals surface area contributed by atoms with Gasteiger partial charge < -0.3 is 10.6 Å². The van der Waals surface area contributed by atoms with Gasteiger partial charge in [-0.3, -0.25) is 9.69 Å². The van der Waals surface area contributed by atoms with Gasteiger partial charge in [0.25, 0.3) is 0 Å². The Hall–Kier alpha value is -1.39. The van der Waals surface area contributed by atoms with Crippen LogP contribution in [-0.4, -0.2) is 43.0 Å². The van der Waals surface area contributed by atoms with Gasteiger partial charge in [0.1, 0.15) is 0 Å². The quantitative estimate of drug-likeness (QED) is 0.843. The molecule has 0 bridgehead atoms. The van der Waals surface area contributed by atoms with E-state index in [2.05, 4.69) is 35.4 Å². The van der Waals surface area contributed by atoms with Crippen molar-refractivity contribution >= 4 is 11.6 Å². The molecule has 1 saturated heterocycles. The van der Waals surface area contributed by atoms with Crippen LogP contribution in [0.3, 0.4) is 0 Å². The van der Waals surface area contributed by atoms with Crippen molar-refractivity contribution < 1.29 is 4.79 Å². The normalized spacial score (nSPS) is 18.2. The van der Waals surface area contributed by atoms with Crippen molar-refractivity contribution in [2.24, 2.45) is 0 Å². The number of nitrogens with one attached hydrogen (secondary N) is 2. The van der Waals surface area contributed by atoms with Gasteiger partial charge in [-0.2, -0.15) is 0 Å². The van der Waals surface area contributed by atoms with E-state index in [0.717, 1.165) is 43.7 Å². The lowest BCUT2D eigenvalue weighted by Crippen LogP contribution is -2.42. The molecule has 2 N–H and O–H groups in total. The number of nitrogens with zero attached hydrogens (tertiary/aromatic N) is 1. The monoisotopic (exact) mass is 289 g/mol. The number of likely N-dealkylation sites (N-methyl/N-ethyl adjacent to an activating group) is 1. The molecule has 1 aromatic carbocycles. The molecule has 0 saturated carbocycles. The van der Waals surface area contributed by atoms with Gasteiger partial charge in [-0.25, -0.2) is 0 Å². The molecule has 0 aromatic heterocycles. The maximum Gasteiger partial charge on any atom is 0.238 e. The number of para-hydroxylation sites is 1. The van der Waals surface area contributed by atoms with E-state index in [1.165, 1.54) is 5.56 Å². The second kappa shape index (κ2) is 7.57. The molecule has 1 heterocycles. The van der Waals surface area contributed by atoms with Crippen LogP contribution in [0.25, 0.3) is 0 Å². The fraction of sp³-hybridized carbons (Fsp3) is 0.588. The minimum atomic E-state index is 0.0905. The summed E-state index contributed by atoms with van der Waals surface area (Å²) < 4.78 is 0. The van der Waals surface area contributed by atoms with E-state index >= 15 is 0 Å². The molecular weight excluding hydrogens is 262 g/mol. The Morgan fingerprint density at radius 3 is 2.86 bits per heavy atom. The van der Waals surface area contributed by atoms with Crippen molar-refractivity contribution in [1.82, 2.24) is 10.2 Å². The van der Waals surface area contributed by atoms with Crippen LogP contribution >= 0.6 is 0 Å². The summed E-state index contributed by atoms with van der Waals surface area (Å²) in [6.07, 6.45) is 2.06. The van der Waals surface area contributed by atoms with E-state index in [1.54, 1.807) is 0 Å². The molecule has 1 aromatic rings. The molecular formula is C17H27N3O. The molecule has 1 fully saturated rings. The van der Waals surface area contributed by atoms with Crippen LogP contribution in [0, 0.1) is 6.92 Å². The molecule has 21 heavy (non-hydrogen) atoms. The van der Waals surface area contributed by atoms with Crippen molar-refractivity contribution in [2.75, 3.05) is 31.5 Å². The first-order valence-electron chi connectivity index (χ1n) is 7.98. The third kappa shape index (κ3) is 4.05. The molecule has 1 aliphatic rings. The molecule has 1 amide bonds. The Morgan fingerprint density at radius 1 is 1.43 bits per heavy atom. The first-order chi connectivity index (χ1) is 10.2. The third-order valence-electron chi connectivity index (χ3n) is 4.31. The Balaban J connectivity index is 2.01. The summed E-state index contributed by atoms with van der Waals surface area (Å²) in [5, 5.41) is 6.48. The Labute approximate surface area is 127 Å².